The van der Waals surface area contributed by atoms with Crippen molar-refractivity contribution in [3.05, 3.63) is 18.2 Å². The van der Waals surface area contributed by atoms with Gasteiger partial charge in [0.25, 0.3) is 0 Å². The average molecular weight is 236 g/mol. The zero-order valence-electron chi connectivity index (χ0n) is 10.4. The Morgan fingerprint density at radius 3 is 3.06 bits per heavy atom. The zero-order valence-corrected chi connectivity index (χ0v) is 10.4. The highest BCUT2D eigenvalue weighted by Gasteiger charge is 2.30. The van der Waals surface area contributed by atoms with E-state index < -0.39 is 0 Å². The summed E-state index contributed by atoms with van der Waals surface area (Å²) in [6.07, 6.45) is 6.59. The van der Waals surface area contributed by atoms with E-state index in [2.05, 4.69) is 22.2 Å². The minimum Gasteiger partial charge on any atom is -0.347 e. The molecular formula is C12H20N4O. The van der Waals surface area contributed by atoms with Gasteiger partial charge in [0.2, 0.25) is 5.91 Å². The second-order valence-corrected chi connectivity index (χ2v) is 4.62. The van der Waals surface area contributed by atoms with Gasteiger partial charge in [-0.15, -0.1) is 0 Å². The van der Waals surface area contributed by atoms with Crippen molar-refractivity contribution in [1.82, 2.24) is 20.2 Å². The van der Waals surface area contributed by atoms with Gasteiger partial charge < -0.3 is 15.2 Å². The van der Waals surface area contributed by atoms with Crippen LogP contribution in [0, 0.1) is 0 Å². The molecule has 1 saturated heterocycles. The van der Waals surface area contributed by atoms with E-state index in [1.54, 1.807) is 12.4 Å². The number of carbonyl (C=O) groups is 1. The molecular weight excluding hydrogens is 216 g/mol. The summed E-state index contributed by atoms with van der Waals surface area (Å²) in [5, 5.41) is 3.10. The number of amides is 1. The van der Waals surface area contributed by atoms with Crippen LogP contribution in [0.15, 0.2) is 12.4 Å². The number of aromatic amines is 1. The Morgan fingerprint density at radius 1 is 1.59 bits per heavy atom. The van der Waals surface area contributed by atoms with Crippen molar-refractivity contribution in [2.45, 2.75) is 44.8 Å². The molecule has 0 radical (unpaired) electrons. The minimum atomic E-state index is -0.0464. The first-order chi connectivity index (χ1) is 8.22. The van der Waals surface area contributed by atoms with Gasteiger partial charge in [-0.2, -0.15) is 0 Å². The third-order valence-electron chi connectivity index (χ3n) is 3.45. The topological polar surface area (TPSA) is 61.0 Å². The Morgan fingerprint density at radius 2 is 2.41 bits per heavy atom. The van der Waals surface area contributed by atoms with Crippen LogP contribution in [0.3, 0.4) is 0 Å². The second kappa shape index (κ2) is 5.31. The monoisotopic (exact) mass is 236 g/mol. The number of rotatable bonds is 3. The number of H-pyrrole nitrogens is 1. The number of carbonyl (C=O) groups excluding carboxylic acids is 1. The first kappa shape index (κ1) is 12.1. The van der Waals surface area contributed by atoms with E-state index in [4.69, 9.17) is 0 Å². The molecule has 2 N–H and O–H groups in total. The van der Waals surface area contributed by atoms with Gasteiger partial charge in [0.15, 0.2) is 0 Å². The third-order valence-corrected chi connectivity index (χ3v) is 3.45. The van der Waals surface area contributed by atoms with Gasteiger partial charge in [-0.3, -0.25) is 4.79 Å². The van der Waals surface area contributed by atoms with Crippen LogP contribution < -0.4 is 5.32 Å². The molecule has 2 unspecified atom stereocenters. The summed E-state index contributed by atoms with van der Waals surface area (Å²) >= 11 is 0. The molecule has 2 atom stereocenters. The van der Waals surface area contributed by atoms with E-state index in [1.807, 2.05) is 11.9 Å². The molecule has 1 aliphatic rings. The smallest absolute Gasteiger partial charge is 0.240 e. The largest absolute Gasteiger partial charge is 0.347 e. The number of imidazole rings is 1. The molecule has 5 heteroatoms. The maximum atomic E-state index is 12.3. The van der Waals surface area contributed by atoms with Crippen molar-refractivity contribution < 1.29 is 4.79 Å². The van der Waals surface area contributed by atoms with E-state index in [0.29, 0.717) is 6.54 Å². The summed E-state index contributed by atoms with van der Waals surface area (Å²) in [6.45, 7) is 2.68. The molecule has 1 aromatic rings. The first-order valence-corrected chi connectivity index (χ1v) is 6.18. The molecule has 2 rings (SSSR count). The van der Waals surface area contributed by atoms with Crippen LogP contribution in [0.25, 0.3) is 0 Å². The number of nitrogens with one attached hydrogen (secondary N) is 2. The highest BCUT2D eigenvalue weighted by atomic mass is 16.2. The van der Waals surface area contributed by atoms with Crippen molar-refractivity contribution in [3.63, 3.8) is 0 Å². The molecule has 1 amide bonds. The molecule has 0 spiro atoms. The molecule has 0 aromatic carbocycles. The van der Waals surface area contributed by atoms with E-state index in [9.17, 15) is 4.79 Å². The Labute approximate surface area is 102 Å². The molecule has 2 heterocycles. The summed E-state index contributed by atoms with van der Waals surface area (Å²) < 4.78 is 0. The number of nitrogens with zero attached hydrogens (tertiary/aromatic N) is 2. The average Bonchev–Trinajstić information content (AvgIpc) is 2.79. The Bertz CT molecular complexity index is 363. The summed E-state index contributed by atoms with van der Waals surface area (Å²) in [7, 11) is 1.85. The number of hydrogen-bond acceptors (Lipinski definition) is 3. The number of aromatic nitrogens is 2. The predicted octanol–water partition coefficient (Wildman–Crippen LogP) is 0.899. The van der Waals surface area contributed by atoms with Crippen LogP contribution in [-0.2, 0) is 11.3 Å². The van der Waals surface area contributed by atoms with Crippen LogP contribution >= 0.6 is 0 Å². The zero-order chi connectivity index (χ0) is 12.3. The Hall–Kier alpha value is -1.36. The fourth-order valence-electron chi connectivity index (χ4n) is 2.36. The lowest BCUT2D eigenvalue weighted by Gasteiger charge is -2.28. The minimum absolute atomic E-state index is 0.0464. The van der Waals surface area contributed by atoms with Gasteiger partial charge in [-0.1, -0.05) is 0 Å². The van der Waals surface area contributed by atoms with Crippen molar-refractivity contribution in [1.29, 1.82) is 0 Å². The van der Waals surface area contributed by atoms with Crippen LogP contribution in [0.5, 0.6) is 0 Å². The fraction of sp³-hybridized carbons (Fsp3) is 0.667. The second-order valence-electron chi connectivity index (χ2n) is 4.62. The van der Waals surface area contributed by atoms with Gasteiger partial charge in [-0.25, -0.2) is 4.98 Å². The van der Waals surface area contributed by atoms with E-state index >= 15 is 0 Å². The lowest BCUT2D eigenvalue weighted by atomic mass is 10.1. The number of likely N-dealkylation sites (tertiary alicyclic amines) is 1. The van der Waals surface area contributed by atoms with Crippen LogP contribution in [0.1, 0.15) is 32.0 Å². The molecule has 1 aromatic heterocycles. The first-order valence-electron chi connectivity index (χ1n) is 6.18. The molecule has 1 fully saturated rings. The standard InChI is InChI=1S/C12H20N4O/c1-9-4-3-5-10(13-2)12(17)16(9)8-11-14-6-7-15-11/h6-7,9-10,13H,3-5,8H2,1-2H3,(H,14,15). The molecule has 5 nitrogen and oxygen atoms in total. The molecule has 0 bridgehead atoms. The molecule has 94 valence electrons. The Kier molecular flexibility index (Phi) is 3.78. The highest BCUT2D eigenvalue weighted by Crippen LogP contribution is 2.19. The van der Waals surface area contributed by atoms with Crippen LogP contribution in [-0.4, -0.2) is 39.9 Å². The molecule has 1 aliphatic heterocycles. The van der Waals surface area contributed by atoms with Gasteiger partial charge >= 0.3 is 0 Å². The van der Waals surface area contributed by atoms with Gasteiger partial charge in [0, 0.05) is 18.4 Å². The van der Waals surface area contributed by atoms with Gasteiger partial charge in [0.1, 0.15) is 5.82 Å². The summed E-state index contributed by atoms with van der Waals surface area (Å²) in [5.74, 6) is 1.04. The quantitative estimate of drug-likeness (QED) is 0.819. The number of likely N-dealkylation sites (N-methyl/N-ethyl adjacent to an activating group) is 1. The van der Waals surface area contributed by atoms with E-state index in [0.717, 1.165) is 25.1 Å². The summed E-state index contributed by atoms with van der Waals surface area (Å²) in [5.41, 5.74) is 0. The molecule has 17 heavy (non-hydrogen) atoms. The summed E-state index contributed by atoms with van der Waals surface area (Å²) in [6, 6.07) is 0.237. The highest BCUT2D eigenvalue weighted by molar-refractivity contribution is 5.82. The van der Waals surface area contributed by atoms with Crippen molar-refractivity contribution >= 4 is 5.91 Å². The van der Waals surface area contributed by atoms with Crippen molar-refractivity contribution in [3.8, 4) is 0 Å². The Balaban J connectivity index is 2.12. The predicted molar refractivity (Wildman–Crippen MR) is 65.3 cm³/mol. The van der Waals surface area contributed by atoms with Gasteiger partial charge in [0.05, 0.1) is 12.6 Å². The van der Waals surface area contributed by atoms with Crippen LogP contribution in [0.4, 0.5) is 0 Å². The SMILES string of the molecule is CNC1CCCC(C)N(Cc2ncc[nH]2)C1=O. The lowest BCUT2D eigenvalue weighted by molar-refractivity contribution is -0.135. The fourth-order valence-corrected chi connectivity index (χ4v) is 2.36. The third kappa shape index (κ3) is 2.66. The maximum absolute atomic E-state index is 12.3. The lowest BCUT2D eigenvalue weighted by Crippen LogP contribution is -2.46. The van der Waals surface area contributed by atoms with Crippen molar-refractivity contribution in [2.75, 3.05) is 7.05 Å². The maximum Gasteiger partial charge on any atom is 0.240 e. The van der Waals surface area contributed by atoms with Crippen LogP contribution in [0.2, 0.25) is 0 Å². The van der Waals surface area contributed by atoms with Gasteiger partial charge in [-0.05, 0) is 33.2 Å². The van der Waals surface area contributed by atoms with E-state index in [-0.39, 0.29) is 18.0 Å². The molecule has 0 aliphatic carbocycles. The van der Waals surface area contributed by atoms with E-state index in [1.165, 1.54) is 0 Å². The normalized spacial score (nSPS) is 26.0. The summed E-state index contributed by atoms with van der Waals surface area (Å²) in [4.78, 5) is 21.5. The molecule has 0 saturated carbocycles. The van der Waals surface area contributed by atoms with Crippen molar-refractivity contribution in [2.24, 2.45) is 0 Å². The number of hydrogen-bond donors (Lipinski definition) is 2.